The van der Waals surface area contributed by atoms with Gasteiger partial charge in [0.05, 0.1) is 23.7 Å². The van der Waals surface area contributed by atoms with Crippen LogP contribution in [0.5, 0.6) is 11.5 Å². The maximum atomic E-state index is 13.8. The van der Waals surface area contributed by atoms with Gasteiger partial charge in [-0.3, -0.25) is 9.10 Å². The topological polar surface area (TPSA) is 84.9 Å². The number of anilines is 1. The molecule has 0 saturated heterocycles. The number of rotatable bonds is 7. The van der Waals surface area contributed by atoms with Crippen molar-refractivity contribution in [2.24, 2.45) is 0 Å². The molecule has 7 nitrogen and oxygen atoms in total. The van der Waals surface area contributed by atoms with Gasteiger partial charge in [-0.15, -0.1) is 0 Å². The Morgan fingerprint density at radius 1 is 1.03 bits per heavy atom. The Bertz CT molecular complexity index is 1410. The first-order chi connectivity index (χ1) is 17.4. The van der Waals surface area contributed by atoms with Crippen LogP contribution < -0.4 is 19.1 Å². The maximum absolute atomic E-state index is 13.8. The number of methoxy groups -OCH3 is 1. The van der Waals surface area contributed by atoms with Crippen LogP contribution in [-0.2, 0) is 14.8 Å². The summed E-state index contributed by atoms with van der Waals surface area (Å²) in [6.45, 7) is 9.19. The van der Waals surface area contributed by atoms with E-state index in [1.54, 1.807) is 43.5 Å². The van der Waals surface area contributed by atoms with Crippen molar-refractivity contribution in [1.82, 2.24) is 5.32 Å². The molecule has 0 spiro atoms. The molecule has 1 N–H and O–H groups in total. The Balaban J connectivity index is 1.68. The molecule has 0 bridgehead atoms. The van der Waals surface area contributed by atoms with E-state index in [2.05, 4.69) is 5.32 Å². The molecule has 0 saturated carbocycles. The molecule has 0 aromatic heterocycles. The van der Waals surface area contributed by atoms with Crippen LogP contribution in [0.15, 0.2) is 65.6 Å². The lowest BCUT2D eigenvalue weighted by Crippen LogP contribution is -2.45. The Labute approximate surface area is 219 Å². The average Bonchev–Trinajstić information content (AvgIpc) is 2.83. The van der Waals surface area contributed by atoms with Crippen molar-refractivity contribution in [3.8, 4) is 11.5 Å². The van der Waals surface area contributed by atoms with E-state index in [0.717, 1.165) is 22.3 Å². The smallest absolute Gasteiger partial charge is 0.264 e. The molecular weight excluding hydrogens is 488 g/mol. The Kier molecular flexibility index (Phi) is 7.24. The van der Waals surface area contributed by atoms with E-state index in [1.807, 2.05) is 58.9 Å². The molecule has 3 aromatic carbocycles. The number of carbonyl (C=O) groups is 1. The number of amides is 1. The quantitative estimate of drug-likeness (QED) is 0.459. The van der Waals surface area contributed by atoms with Crippen molar-refractivity contribution in [2.75, 3.05) is 18.0 Å². The molecule has 0 fully saturated rings. The molecule has 196 valence electrons. The van der Waals surface area contributed by atoms with Crippen LogP contribution in [0.2, 0.25) is 0 Å². The number of carbonyl (C=O) groups excluding carboxylic acids is 1. The third-order valence-electron chi connectivity index (χ3n) is 6.54. The molecule has 3 aromatic rings. The van der Waals surface area contributed by atoms with Crippen LogP contribution in [0, 0.1) is 20.8 Å². The van der Waals surface area contributed by atoms with Gasteiger partial charge in [0.15, 0.2) is 0 Å². The van der Waals surface area contributed by atoms with Gasteiger partial charge >= 0.3 is 0 Å². The molecule has 1 heterocycles. The van der Waals surface area contributed by atoms with Crippen molar-refractivity contribution < 1.29 is 22.7 Å². The van der Waals surface area contributed by atoms with Crippen LogP contribution in [0.1, 0.15) is 48.6 Å². The second-order valence-corrected chi connectivity index (χ2v) is 12.1. The van der Waals surface area contributed by atoms with Crippen LogP contribution in [0.3, 0.4) is 0 Å². The number of sulfonamides is 1. The van der Waals surface area contributed by atoms with Crippen LogP contribution in [-0.4, -0.2) is 33.6 Å². The fourth-order valence-corrected chi connectivity index (χ4v) is 6.06. The first-order valence-electron chi connectivity index (χ1n) is 12.2. The summed E-state index contributed by atoms with van der Waals surface area (Å²) in [5.74, 6) is 0.896. The van der Waals surface area contributed by atoms with E-state index in [1.165, 1.54) is 4.31 Å². The van der Waals surface area contributed by atoms with Gasteiger partial charge in [-0.25, -0.2) is 8.42 Å². The third-order valence-corrected chi connectivity index (χ3v) is 8.32. The second kappa shape index (κ2) is 10.1. The van der Waals surface area contributed by atoms with Gasteiger partial charge in [-0.2, -0.15) is 0 Å². The lowest BCUT2D eigenvalue weighted by molar-refractivity contribution is -0.120. The van der Waals surface area contributed by atoms with Gasteiger partial charge in [0.25, 0.3) is 10.0 Å². The van der Waals surface area contributed by atoms with Crippen molar-refractivity contribution in [1.29, 1.82) is 0 Å². The summed E-state index contributed by atoms with van der Waals surface area (Å²) in [5, 5.41) is 3.07. The highest BCUT2D eigenvalue weighted by molar-refractivity contribution is 7.92. The number of nitrogens with one attached hydrogen (secondary N) is 1. The number of nitrogens with zero attached hydrogens (tertiary/aromatic N) is 1. The van der Waals surface area contributed by atoms with E-state index in [4.69, 9.17) is 9.47 Å². The Hall–Kier alpha value is -3.52. The Morgan fingerprint density at radius 3 is 2.38 bits per heavy atom. The van der Waals surface area contributed by atoms with Gasteiger partial charge in [-0.05, 0) is 76.1 Å². The zero-order chi connectivity index (χ0) is 27.0. The van der Waals surface area contributed by atoms with E-state index in [0.29, 0.717) is 23.6 Å². The number of fused-ring (bicyclic) bond motifs is 1. The van der Waals surface area contributed by atoms with Gasteiger partial charge in [0, 0.05) is 18.1 Å². The van der Waals surface area contributed by atoms with Gasteiger partial charge < -0.3 is 14.8 Å². The number of ether oxygens (including phenoxy) is 2. The molecule has 1 amide bonds. The SMILES string of the molecule is COc1ccc2c(c1)OC(C)(C)CC2NC(=O)CN(c1cc(C)ccc1C)S(=O)(=O)c1ccc(C)cc1. The average molecular weight is 523 g/mol. The highest BCUT2D eigenvalue weighted by Gasteiger charge is 2.36. The zero-order valence-corrected chi connectivity index (χ0v) is 23.0. The zero-order valence-electron chi connectivity index (χ0n) is 22.2. The molecule has 4 rings (SSSR count). The summed E-state index contributed by atoms with van der Waals surface area (Å²) >= 11 is 0. The molecular formula is C29H34N2O5S. The number of benzene rings is 3. The fraction of sp³-hybridized carbons (Fsp3) is 0.345. The number of hydrogen-bond donors (Lipinski definition) is 1. The minimum atomic E-state index is -4.01. The third kappa shape index (κ3) is 5.74. The molecule has 37 heavy (non-hydrogen) atoms. The Morgan fingerprint density at radius 2 is 1.70 bits per heavy atom. The van der Waals surface area contributed by atoms with E-state index >= 15 is 0 Å². The summed E-state index contributed by atoms with van der Waals surface area (Å²) in [4.78, 5) is 13.6. The summed E-state index contributed by atoms with van der Waals surface area (Å²) in [6.07, 6.45) is 0.534. The second-order valence-electron chi connectivity index (χ2n) is 10.2. The lowest BCUT2D eigenvalue weighted by Gasteiger charge is -2.38. The van der Waals surface area contributed by atoms with E-state index in [9.17, 15) is 13.2 Å². The molecule has 1 atom stereocenters. The highest BCUT2D eigenvalue weighted by atomic mass is 32.2. The van der Waals surface area contributed by atoms with Gasteiger partial charge in [0.2, 0.25) is 5.91 Å². The summed E-state index contributed by atoms with van der Waals surface area (Å²) < 4.78 is 40.3. The van der Waals surface area contributed by atoms with Crippen molar-refractivity contribution in [3.05, 3.63) is 82.9 Å². The fourth-order valence-electron chi connectivity index (χ4n) is 4.58. The predicted molar refractivity (Wildman–Crippen MR) is 145 cm³/mol. The molecule has 0 aliphatic carbocycles. The molecule has 1 aliphatic heterocycles. The van der Waals surface area contributed by atoms with Gasteiger partial charge in [-0.1, -0.05) is 29.8 Å². The standard InChI is InChI=1S/C29H34N2O5S/c1-19-8-12-23(13-9-19)37(33,34)31(26-15-20(2)7-10-21(26)3)18-28(32)30-25-17-29(4,5)36-27-16-22(35-6)11-14-24(25)27/h7-16,25H,17-18H2,1-6H3,(H,30,32). The van der Waals surface area contributed by atoms with Crippen molar-refractivity contribution in [3.63, 3.8) is 0 Å². The van der Waals surface area contributed by atoms with Gasteiger partial charge in [0.1, 0.15) is 23.6 Å². The number of hydrogen-bond acceptors (Lipinski definition) is 5. The maximum Gasteiger partial charge on any atom is 0.264 e. The van der Waals surface area contributed by atoms with E-state index < -0.39 is 21.5 Å². The van der Waals surface area contributed by atoms with Crippen LogP contribution >= 0.6 is 0 Å². The first-order valence-corrected chi connectivity index (χ1v) is 13.7. The van der Waals surface area contributed by atoms with Crippen molar-refractivity contribution >= 4 is 21.6 Å². The first kappa shape index (κ1) is 26.5. The largest absolute Gasteiger partial charge is 0.497 e. The summed E-state index contributed by atoms with van der Waals surface area (Å²) in [5.41, 5.74) is 3.39. The van der Waals surface area contributed by atoms with Crippen LogP contribution in [0.25, 0.3) is 0 Å². The van der Waals surface area contributed by atoms with Crippen molar-refractivity contribution in [2.45, 2.75) is 57.6 Å². The highest BCUT2D eigenvalue weighted by Crippen LogP contribution is 2.41. The normalized spacial score (nSPS) is 16.3. The summed E-state index contributed by atoms with van der Waals surface area (Å²) in [6, 6.07) is 17.4. The molecule has 1 unspecified atom stereocenters. The molecule has 8 heteroatoms. The van der Waals surface area contributed by atoms with E-state index in [-0.39, 0.29) is 17.5 Å². The minimum Gasteiger partial charge on any atom is -0.497 e. The molecule has 0 radical (unpaired) electrons. The monoisotopic (exact) mass is 522 g/mol. The minimum absolute atomic E-state index is 0.136. The number of aryl methyl sites for hydroxylation is 3. The lowest BCUT2D eigenvalue weighted by atomic mass is 9.89. The molecule has 1 aliphatic rings. The van der Waals surface area contributed by atoms with Crippen LogP contribution in [0.4, 0.5) is 5.69 Å². The predicted octanol–water partition coefficient (Wildman–Crippen LogP) is 5.23. The summed E-state index contributed by atoms with van der Waals surface area (Å²) in [7, 11) is -2.42.